The molecule has 20 heavy (non-hydrogen) atoms. The van der Waals surface area contributed by atoms with Gasteiger partial charge in [0, 0.05) is 34.8 Å². The SMILES string of the molecule is CNCc1cc(Br)ccc1N(C)Cc1cccc(Br)c1. The molecular formula is C16H18Br2N2. The van der Waals surface area contributed by atoms with Crippen molar-refractivity contribution in [2.45, 2.75) is 13.1 Å². The molecule has 0 aliphatic rings. The second kappa shape index (κ2) is 7.25. The van der Waals surface area contributed by atoms with Crippen molar-refractivity contribution in [3.8, 4) is 0 Å². The Morgan fingerprint density at radius 1 is 1.05 bits per heavy atom. The average molecular weight is 398 g/mol. The van der Waals surface area contributed by atoms with E-state index in [2.05, 4.69) is 91.6 Å². The normalized spacial score (nSPS) is 10.6. The van der Waals surface area contributed by atoms with E-state index >= 15 is 0 Å². The van der Waals surface area contributed by atoms with Gasteiger partial charge in [-0.1, -0.05) is 44.0 Å². The van der Waals surface area contributed by atoms with Crippen LogP contribution in [0.25, 0.3) is 0 Å². The molecule has 2 rings (SSSR count). The molecule has 2 aromatic carbocycles. The van der Waals surface area contributed by atoms with Crippen LogP contribution in [0.15, 0.2) is 51.4 Å². The maximum absolute atomic E-state index is 3.54. The molecular weight excluding hydrogens is 380 g/mol. The van der Waals surface area contributed by atoms with E-state index in [0.29, 0.717) is 0 Å². The van der Waals surface area contributed by atoms with Crippen LogP contribution in [0.1, 0.15) is 11.1 Å². The minimum absolute atomic E-state index is 0.859. The van der Waals surface area contributed by atoms with Gasteiger partial charge in [0.25, 0.3) is 0 Å². The molecule has 1 N–H and O–H groups in total. The second-order valence-electron chi connectivity index (χ2n) is 4.79. The third-order valence-electron chi connectivity index (χ3n) is 3.13. The van der Waals surface area contributed by atoms with Crippen molar-refractivity contribution in [1.82, 2.24) is 5.32 Å². The molecule has 0 saturated carbocycles. The zero-order chi connectivity index (χ0) is 14.5. The zero-order valence-corrected chi connectivity index (χ0v) is 14.8. The van der Waals surface area contributed by atoms with Crippen LogP contribution < -0.4 is 10.2 Å². The van der Waals surface area contributed by atoms with Crippen molar-refractivity contribution >= 4 is 37.5 Å². The monoisotopic (exact) mass is 396 g/mol. The van der Waals surface area contributed by atoms with Crippen molar-refractivity contribution in [3.05, 3.63) is 62.5 Å². The molecule has 0 radical (unpaired) electrons. The van der Waals surface area contributed by atoms with Gasteiger partial charge in [-0.05, 0) is 48.5 Å². The van der Waals surface area contributed by atoms with Crippen LogP contribution >= 0.6 is 31.9 Å². The Bertz CT molecular complexity index is 584. The number of hydrogen-bond donors (Lipinski definition) is 1. The molecule has 0 unspecified atom stereocenters. The first-order valence-corrected chi connectivity index (χ1v) is 8.07. The van der Waals surface area contributed by atoms with E-state index < -0.39 is 0 Å². The minimum atomic E-state index is 0.859. The van der Waals surface area contributed by atoms with Crippen molar-refractivity contribution in [3.63, 3.8) is 0 Å². The Morgan fingerprint density at radius 3 is 2.50 bits per heavy atom. The van der Waals surface area contributed by atoms with Gasteiger partial charge in [-0.3, -0.25) is 0 Å². The molecule has 4 heteroatoms. The Morgan fingerprint density at radius 2 is 1.80 bits per heavy atom. The van der Waals surface area contributed by atoms with Crippen molar-refractivity contribution in [2.24, 2.45) is 0 Å². The molecule has 0 spiro atoms. The molecule has 2 aromatic rings. The molecule has 0 aliphatic carbocycles. The molecule has 0 heterocycles. The van der Waals surface area contributed by atoms with Gasteiger partial charge in [0.05, 0.1) is 0 Å². The predicted molar refractivity (Wildman–Crippen MR) is 93.2 cm³/mol. The smallest absolute Gasteiger partial charge is 0.0426 e. The fraction of sp³-hybridized carbons (Fsp3) is 0.250. The van der Waals surface area contributed by atoms with Crippen molar-refractivity contribution in [1.29, 1.82) is 0 Å². The second-order valence-corrected chi connectivity index (χ2v) is 6.62. The molecule has 2 nitrogen and oxygen atoms in total. The van der Waals surface area contributed by atoms with Gasteiger partial charge in [0.15, 0.2) is 0 Å². The average Bonchev–Trinajstić information content (AvgIpc) is 2.39. The summed E-state index contributed by atoms with van der Waals surface area (Å²) in [5.74, 6) is 0. The Hall–Kier alpha value is -0.840. The highest BCUT2D eigenvalue weighted by Crippen LogP contribution is 2.25. The number of nitrogens with zero attached hydrogens (tertiary/aromatic N) is 1. The number of halogens is 2. The summed E-state index contributed by atoms with van der Waals surface area (Å²) in [6.45, 7) is 1.75. The first-order valence-electron chi connectivity index (χ1n) is 6.49. The van der Waals surface area contributed by atoms with Gasteiger partial charge < -0.3 is 10.2 Å². The van der Waals surface area contributed by atoms with E-state index in [4.69, 9.17) is 0 Å². The molecule has 0 saturated heterocycles. The number of anilines is 1. The van der Waals surface area contributed by atoms with E-state index in [0.717, 1.165) is 22.0 Å². The number of hydrogen-bond acceptors (Lipinski definition) is 2. The lowest BCUT2D eigenvalue weighted by molar-refractivity contribution is 0.805. The molecule has 0 aliphatic heterocycles. The quantitative estimate of drug-likeness (QED) is 0.794. The molecule has 0 aromatic heterocycles. The maximum Gasteiger partial charge on any atom is 0.0426 e. The van der Waals surface area contributed by atoms with Gasteiger partial charge in [-0.25, -0.2) is 0 Å². The molecule has 0 amide bonds. The molecule has 106 valence electrons. The fourth-order valence-corrected chi connectivity index (χ4v) is 3.11. The minimum Gasteiger partial charge on any atom is -0.370 e. The molecule has 0 atom stereocenters. The number of nitrogens with one attached hydrogen (secondary N) is 1. The predicted octanol–water partition coefficient (Wildman–Crippen LogP) is 4.57. The Kier molecular flexibility index (Phi) is 5.64. The summed E-state index contributed by atoms with van der Waals surface area (Å²) >= 11 is 7.06. The van der Waals surface area contributed by atoms with E-state index in [-0.39, 0.29) is 0 Å². The summed E-state index contributed by atoms with van der Waals surface area (Å²) in [6.07, 6.45) is 0. The van der Waals surface area contributed by atoms with Crippen LogP contribution in [0.2, 0.25) is 0 Å². The first kappa shape index (κ1) is 15.5. The first-order chi connectivity index (χ1) is 9.60. The lowest BCUT2D eigenvalue weighted by atomic mass is 10.1. The Balaban J connectivity index is 2.22. The highest BCUT2D eigenvalue weighted by atomic mass is 79.9. The van der Waals surface area contributed by atoms with E-state index in [9.17, 15) is 0 Å². The Labute approximate surface area is 137 Å². The van der Waals surface area contributed by atoms with Crippen LogP contribution in [0.3, 0.4) is 0 Å². The largest absolute Gasteiger partial charge is 0.370 e. The van der Waals surface area contributed by atoms with Crippen molar-refractivity contribution < 1.29 is 0 Å². The summed E-state index contributed by atoms with van der Waals surface area (Å²) < 4.78 is 2.23. The number of rotatable bonds is 5. The van der Waals surface area contributed by atoms with Crippen LogP contribution in [-0.2, 0) is 13.1 Å². The lowest BCUT2D eigenvalue weighted by Crippen LogP contribution is -2.19. The maximum atomic E-state index is 3.54. The van der Waals surface area contributed by atoms with Crippen LogP contribution in [0, 0.1) is 0 Å². The van der Waals surface area contributed by atoms with Crippen molar-refractivity contribution in [2.75, 3.05) is 19.0 Å². The summed E-state index contributed by atoms with van der Waals surface area (Å²) in [7, 11) is 4.10. The lowest BCUT2D eigenvalue weighted by Gasteiger charge is -2.23. The van der Waals surface area contributed by atoms with Gasteiger partial charge in [0.1, 0.15) is 0 Å². The van der Waals surface area contributed by atoms with E-state index in [1.54, 1.807) is 0 Å². The highest BCUT2D eigenvalue weighted by Gasteiger charge is 2.08. The molecule has 0 fully saturated rings. The summed E-state index contributed by atoms with van der Waals surface area (Å²) in [5, 5.41) is 3.22. The van der Waals surface area contributed by atoms with E-state index in [1.165, 1.54) is 16.8 Å². The third-order valence-corrected chi connectivity index (χ3v) is 4.12. The van der Waals surface area contributed by atoms with Crippen LogP contribution in [-0.4, -0.2) is 14.1 Å². The standard InChI is InChI=1S/C16H18Br2N2/c1-19-10-13-9-15(18)6-7-16(13)20(2)11-12-4-3-5-14(17)8-12/h3-9,19H,10-11H2,1-2H3. The highest BCUT2D eigenvalue weighted by molar-refractivity contribution is 9.10. The van der Waals surface area contributed by atoms with Gasteiger partial charge in [-0.2, -0.15) is 0 Å². The van der Waals surface area contributed by atoms with Gasteiger partial charge in [0.2, 0.25) is 0 Å². The zero-order valence-electron chi connectivity index (χ0n) is 11.7. The summed E-state index contributed by atoms with van der Waals surface area (Å²) in [6, 6.07) is 14.9. The summed E-state index contributed by atoms with van der Waals surface area (Å²) in [5.41, 5.74) is 3.84. The fourth-order valence-electron chi connectivity index (χ4n) is 2.25. The molecule has 0 bridgehead atoms. The number of benzene rings is 2. The topological polar surface area (TPSA) is 15.3 Å². The third kappa shape index (κ3) is 4.08. The van der Waals surface area contributed by atoms with Gasteiger partial charge in [-0.15, -0.1) is 0 Å². The van der Waals surface area contributed by atoms with Gasteiger partial charge >= 0.3 is 0 Å². The summed E-state index contributed by atoms with van der Waals surface area (Å²) in [4.78, 5) is 2.28. The van der Waals surface area contributed by atoms with E-state index in [1.807, 2.05) is 7.05 Å². The van der Waals surface area contributed by atoms with Crippen LogP contribution in [0.4, 0.5) is 5.69 Å². The van der Waals surface area contributed by atoms with Crippen LogP contribution in [0.5, 0.6) is 0 Å².